The maximum Gasteiger partial charge on any atom is 0.332 e. The first-order chi connectivity index (χ1) is 12.2. The number of carbonyl (C=O) groups is 2. The summed E-state index contributed by atoms with van der Waals surface area (Å²) in [6.45, 7) is 4.28. The number of allylic oxidation sites excluding steroid dienone is 3. The predicted molar refractivity (Wildman–Crippen MR) is 98.7 cm³/mol. The lowest BCUT2D eigenvalue weighted by Crippen LogP contribution is -2.32. The van der Waals surface area contributed by atoms with Gasteiger partial charge in [-0.2, -0.15) is 0 Å². The number of methoxy groups -OCH3 is 1. The number of aliphatic carboxylic acids is 1. The van der Waals surface area contributed by atoms with Gasteiger partial charge in [-0.15, -0.1) is 0 Å². The van der Waals surface area contributed by atoms with Crippen LogP contribution in [0.5, 0.6) is 0 Å². The van der Waals surface area contributed by atoms with Gasteiger partial charge in [-0.25, -0.2) is 4.79 Å². The molecule has 0 saturated carbocycles. The van der Waals surface area contributed by atoms with Crippen molar-refractivity contribution in [2.75, 3.05) is 13.7 Å². The van der Waals surface area contributed by atoms with Crippen LogP contribution in [0.2, 0.25) is 0 Å². The number of carboxylic acids is 1. The molecule has 3 N–H and O–H groups in total. The van der Waals surface area contributed by atoms with Crippen molar-refractivity contribution in [2.45, 2.75) is 58.2 Å². The Hall–Kier alpha value is -1.50. The highest BCUT2D eigenvalue weighted by atomic mass is 16.5. The normalized spacial score (nSPS) is 22.9. The number of rotatable bonds is 12. The molecule has 1 rings (SSSR count). The number of hydrogen-bond acceptors (Lipinski definition) is 5. The van der Waals surface area contributed by atoms with Gasteiger partial charge in [0.2, 0.25) is 0 Å². The van der Waals surface area contributed by atoms with E-state index in [2.05, 4.69) is 0 Å². The lowest BCUT2D eigenvalue weighted by Gasteiger charge is -2.28. The van der Waals surface area contributed by atoms with Crippen molar-refractivity contribution >= 4 is 11.8 Å². The van der Waals surface area contributed by atoms with Crippen LogP contribution in [0.1, 0.15) is 46.0 Å². The Balaban J connectivity index is 2.46. The topological polar surface area (TPSA) is 104 Å². The number of aliphatic hydroxyl groups is 2. The molecular formula is C20H32O6. The molecule has 0 heterocycles. The van der Waals surface area contributed by atoms with Crippen molar-refractivity contribution in [1.29, 1.82) is 0 Å². The van der Waals surface area contributed by atoms with Crippen LogP contribution in [0.3, 0.4) is 0 Å². The lowest BCUT2D eigenvalue weighted by molar-refractivity contribution is -0.146. The van der Waals surface area contributed by atoms with Gasteiger partial charge in [-0.3, -0.25) is 4.79 Å². The molecule has 0 aromatic rings. The zero-order chi connectivity index (χ0) is 19.7. The lowest BCUT2D eigenvalue weighted by atomic mass is 9.84. The minimum Gasteiger partial charge on any atom is -0.479 e. The van der Waals surface area contributed by atoms with Crippen molar-refractivity contribution in [3.63, 3.8) is 0 Å². The van der Waals surface area contributed by atoms with Gasteiger partial charge in [0.25, 0.3) is 0 Å². The molecule has 1 aliphatic carbocycles. The molecule has 0 aromatic heterocycles. The summed E-state index contributed by atoms with van der Waals surface area (Å²) in [5, 5.41) is 28.2. The molecule has 1 aliphatic rings. The molecule has 0 spiro atoms. The first kappa shape index (κ1) is 22.5. The molecule has 0 aromatic carbocycles. The Morgan fingerprint density at radius 1 is 1.31 bits per heavy atom. The van der Waals surface area contributed by atoms with Crippen molar-refractivity contribution in [3.05, 3.63) is 24.3 Å². The van der Waals surface area contributed by atoms with Gasteiger partial charge in [0.1, 0.15) is 0 Å². The third kappa shape index (κ3) is 7.02. The van der Waals surface area contributed by atoms with E-state index < -0.39 is 23.6 Å². The quantitative estimate of drug-likeness (QED) is 0.361. The van der Waals surface area contributed by atoms with E-state index in [9.17, 15) is 19.8 Å². The van der Waals surface area contributed by atoms with E-state index in [1.807, 2.05) is 26.0 Å². The average Bonchev–Trinajstić information content (AvgIpc) is 2.92. The maximum atomic E-state index is 12.1. The van der Waals surface area contributed by atoms with E-state index in [0.29, 0.717) is 19.4 Å². The Labute approximate surface area is 155 Å². The fourth-order valence-electron chi connectivity index (χ4n) is 3.14. The van der Waals surface area contributed by atoms with Crippen molar-refractivity contribution in [3.8, 4) is 0 Å². The molecule has 26 heavy (non-hydrogen) atoms. The highest BCUT2D eigenvalue weighted by Gasteiger charge is 2.30. The van der Waals surface area contributed by atoms with E-state index >= 15 is 0 Å². The smallest absolute Gasteiger partial charge is 0.332 e. The summed E-state index contributed by atoms with van der Waals surface area (Å²) in [6.07, 6.45) is 8.26. The largest absolute Gasteiger partial charge is 0.479 e. The third-order valence-corrected chi connectivity index (χ3v) is 4.92. The minimum absolute atomic E-state index is 0.0277. The molecule has 0 bridgehead atoms. The van der Waals surface area contributed by atoms with E-state index in [1.165, 1.54) is 0 Å². The fourth-order valence-corrected chi connectivity index (χ4v) is 3.14. The fraction of sp³-hybridized carbons (Fsp3) is 0.700. The van der Waals surface area contributed by atoms with Crippen LogP contribution in [0.25, 0.3) is 0 Å². The second-order valence-corrected chi connectivity index (χ2v) is 7.69. The van der Waals surface area contributed by atoms with Gasteiger partial charge < -0.3 is 20.1 Å². The molecule has 0 saturated heterocycles. The van der Waals surface area contributed by atoms with E-state index in [4.69, 9.17) is 9.84 Å². The van der Waals surface area contributed by atoms with E-state index in [0.717, 1.165) is 12.8 Å². The second kappa shape index (κ2) is 10.6. The highest BCUT2D eigenvalue weighted by Crippen LogP contribution is 2.30. The van der Waals surface area contributed by atoms with Crippen LogP contribution in [0, 0.1) is 17.3 Å². The highest BCUT2D eigenvalue weighted by molar-refractivity contribution is 5.94. The number of carbonyl (C=O) groups excluding carboxylic acids is 1. The molecular weight excluding hydrogens is 336 g/mol. The first-order valence-electron chi connectivity index (χ1n) is 9.17. The van der Waals surface area contributed by atoms with Gasteiger partial charge in [0.05, 0.1) is 12.7 Å². The molecule has 148 valence electrons. The molecule has 0 fully saturated rings. The van der Waals surface area contributed by atoms with Gasteiger partial charge >= 0.3 is 5.97 Å². The average molecular weight is 368 g/mol. The van der Waals surface area contributed by atoms with E-state index in [-0.39, 0.29) is 24.0 Å². The molecule has 6 heteroatoms. The third-order valence-electron chi connectivity index (χ3n) is 4.92. The Bertz CT molecular complexity index is 522. The van der Waals surface area contributed by atoms with Crippen molar-refractivity contribution < 1.29 is 29.6 Å². The van der Waals surface area contributed by atoms with Crippen LogP contribution in [0.15, 0.2) is 24.3 Å². The molecule has 4 atom stereocenters. The zero-order valence-electron chi connectivity index (χ0n) is 15.9. The molecule has 0 radical (unpaired) electrons. The molecule has 0 aliphatic heterocycles. The molecule has 0 amide bonds. The van der Waals surface area contributed by atoms with Gasteiger partial charge in [-0.05, 0) is 18.9 Å². The summed E-state index contributed by atoms with van der Waals surface area (Å²) in [6, 6.07) is 0. The summed E-state index contributed by atoms with van der Waals surface area (Å²) in [5.74, 6) is -1.26. The van der Waals surface area contributed by atoms with Crippen LogP contribution in [-0.4, -0.2) is 53.0 Å². The van der Waals surface area contributed by atoms with E-state index in [1.54, 1.807) is 19.3 Å². The van der Waals surface area contributed by atoms with Crippen LogP contribution < -0.4 is 0 Å². The first-order valence-corrected chi connectivity index (χ1v) is 9.17. The Morgan fingerprint density at radius 2 is 2.00 bits per heavy atom. The summed E-state index contributed by atoms with van der Waals surface area (Å²) < 4.78 is 5.13. The van der Waals surface area contributed by atoms with Crippen molar-refractivity contribution in [1.82, 2.24) is 0 Å². The predicted octanol–water partition coefficient (Wildman–Crippen LogP) is 2.34. The van der Waals surface area contributed by atoms with Crippen LogP contribution in [-0.2, 0) is 14.3 Å². The number of ketones is 1. The SMILES string of the molecule is COCC(C)(C)C(O)C=C[C@H]1C=CC(=O)[C@@H]1CCCCCC(O)C(=O)O. The standard InChI is InChI=1S/C20H32O6/c1-20(2,13-26-3)18(23)12-10-14-9-11-16(21)15(14)7-5-4-6-8-17(22)19(24)25/h9-12,14-15,17-18,22-23H,4-8,13H2,1-3H3,(H,24,25)/t14-,15-,17?,18?/m1/s1. The molecule has 6 nitrogen and oxygen atoms in total. The molecule has 2 unspecified atom stereocenters. The zero-order valence-corrected chi connectivity index (χ0v) is 15.9. The number of carboxylic acid groups (broad SMARTS) is 1. The maximum absolute atomic E-state index is 12.1. The monoisotopic (exact) mass is 368 g/mol. The minimum atomic E-state index is -1.31. The Morgan fingerprint density at radius 3 is 2.62 bits per heavy atom. The Kier molecular flexibility index (Phi) is 9.19. The second-order valence-electron chi connectivity index (χ2n) is 7.69. The van der Waals surface area contributed by atoms with Gasteiger partial charge in [0.15, 0.2) is 11.9 Å². The van der Waals surface area contributed by atoms with Crippen LogP contribution >= 0.6 is 0 Å². The van der Waals surface area contributed by atoms with Gasteiger partial charge in [0, 0.05) is 24.4 Å². The number of unbranched alkanes of at least 4 members (excludes halogenated alkanes) is 2. The summed E-state index contributed by atoms with van der Waals surface area (Å²) >= 11 is 0. The number of ether oxygens (including phenoxy) is 1. The van der Waals surface area contributed by atoms with Crippen LogP contribution in [0.4, 0.5) is 0 Å². The van der Waals surface area contributed by atoms with Gasteiger partial charge in [-0.1, -0.05) is 51.3 Å². The van der Waals surface area contributed by atoms with Crippen molar-refractivity contribution in [2.24, 2.45) is 17.3 Å². The number of hydrogen-bond donors (Lipinski definition) is 3. The summed E-state index contributed by atoms with van der Waals surface area (Å²) in [4.78, 5) is 22.6. The summed E-state index contributed by atoms with van der Waals surface area (Å²) in [5.41, 5.74) is -0.405. The number of aliphatic hydroxyl groups excluding tert-OH is 2. The summed E-state index contributed by atoms with van der Waals surface area (Å²) in [7, 11) is 1.60.